The van der Waals surface area contributed by atoms with Crippen molar-refractivity contribution in [3.8, 4) is 0 Å². The van der Waals surface area contributed by atoms with E-state index in [0.717, 1.165) is 32.4 Å². The molecule has 2 aliphatic rings. The minimum atomic E-state index is -0.183. The molecule has 0 N–H and O–H groups in total. The monoisotopic (exact) mass is 259 g/mol. The minimum absolute atomic E-state index is 0.183. The molecule has 1 aromatic carbocycles. The maximum atomic E-state index is 12.4. The van der Waals surface area contributed by atoms with E-state index in [1.807, 2.05) is 11.0 Å². The van der Waals surface area contributed by atoms with Crippen molar-refractivity contribution in [2.24, 2.45) is 0 Å². The van der Waals surface area contributed by atoms with Crippen molar-refractivity contribution < 1.29 is 9.53 Å². The molecule has 19 heavy (non-hydrogen) atoms. The second kappa shape index (κ2) is 5.33. The lowest BCUT2D eigenvalue weighted by Crippen LogP contribution is -2.40. The van der Waals surface area contributed by atoms with Crippen LogP contribution in [0, 0.1) is 0 Å². The van der Waals surface area contributed by atoms with Gasteiger partial charge in [0.25, 0.3) is 5.91 Å². The lowest BCUT2D eigenvalue weighted by molar-refractivity contribution is -0.141. The molecule has 0 saturated carbocycles. The highest BCUT2D eigenvalue weighted by Gasteiger charge is 2.37. The molecule has 2 saturated heterocycles. The maximum absolute atomic E-state index is 12.4. The standard InChI is InChI=1S/C16H21NO2/c1-12-10-14(13-6-3-2-4-7-13)11-17(12)16(18)15-8-5-9-19-15/h2-4,6-7,12,14-15H,5,8-11H2,1H3. The van der Waals surface area contributed by atoms with Gasteiger partial charge in [0.05, 0.1) is 0 Å². The number of likely N-dealkylation sites (tertiary alicyclic amines) is 1. The number of carbonyl (C=O) groups excluding carboxylic acids is 1. The summed E-state index contributed by atoms with van der Waals surface area (Å²) in [7, 11) is 0. The fraction of sp³-hybridized carbons (Fsp3) is 0.562. The van der Waals surface area contributed by atoms with Crippen molar-refractivity contribution >= 4 is 5.91 Å². The summed E-state index contributed by atoms with van der Waals surface area (Å²) in [5.74, 6) is 0.671. The van der Waals surface area contributed by atoms with Crippen LogP contribution in [0.25, 0.3) is 0 Å². The van der Waals surface area contributed by atoms with Gasteiger partial charge in [-0.3, -0.25) is 4.79 Å². The Bertz CT molecular complexity index is 439. The highest BCUT2D eigenvalue weighted by molar-refractivity contribution is 5.81. The fourth-order valence-electron chi connectivity index (χ4n) is 3.26. The Labute approximate surface area is 114 Å². The third kappa shape index (κ3) is 2.52. The average Bonchev–Trinajstić information content (AvgIpc) is 3.08. The van der Waals surface area contributed by atoms with Crippen LogP contribution in [-0.2, 0) is 9.53 Å². The highest BCUT2D eigenvalue weighted by Crippen LogP contribution is 2.32. The van der Waals surface area contributed by atoms with E-state index in [2.05, 4.69) is 31.2 Å². The van der Waals surface area contributed by atoms with Crippen LogP contribution >= 0.6 is 0 Å². The normalized spacial score (nSPS) is 30.8. The zero-order valence-electron chi connectivity index (χ0n) is 11.4. The Morgan fingerprint density at radius 1 is 1.32 bits per heavy atom. The van der Waals surface area contributed by atoms with Gasteiger partial charge in [0, 0.05) is 25.1 Å². The molecule has 1 aromatic rings. The Morgan fingerprint density at radius 3 is 2.79 bits per heavy atom. The second-order valence-corrected chi connectivity index (χ2v) is 5.68. The van der Waals surface area contributed by atoms with E-state index in [4.69, 9.17) is 4.74 Å². The van der Waals surface area contributed by atoms with Gasteiger partial charge in [-0.2, -0.15) is 0 Å². The zero-order valence-corrected chi connectivity index (χ0v) is 11.4. The van der Waals surface area contributed by atoms with Crippen LogP contribution in [0.3, 0.4) is 0 Å². The van der Waals surface area contributed by atoms with Crippen molar-refractivity contribution in [2.45, 2.75) is 44.2 Å². The van der Waals surface area contributed by atoms with E-state index in [1.54, 1.807) is 0 Å². The number of rotatable bonds is 2. The third-order valence-electron chi connectivity index (χ3n) is 4.33. The summed E-state index contributed by atoms with van der Waals surface area (Å²) in [6, 6.07) is 10.8. The molecule has 3 rings (SSSR count). The first-order valence-electron chi connectivity index (χ1n) is 7.22. The summed E-state index contributed by atoms with van der Waals surface area (Å²) in [5, 5.41) is 0. The number of carbonyl (C=O) groups is 1. The quantitative estimate of drug-likeness (QED) is 0.817. The first kappa shape index (κ1) is 12.7. The van der Waals surface area contributed by atoms with Crippen molar-refractivity contribution in [3.05, 3.63) is 35.9 Å². The lowest BCUT2D eigenvalue weighted by atomic mass is 9.97. The fourth-order valence-corrected chi connectivity index (χ4v) is 3.26. The molecule has 1 amide bonds. The van der Waals surface area contributed by atoms with E-state index in [1.165, 1.54) is 5.56 Å². The van der Waals surface area contributed by atoms with Gasteiger partial charge in [-0.1, -0.05) is 30.3 Å². The molecule has 3 heteroatoms. The SMILES string of the molecule is CC1CC(c2ccccc2)CN1C(=O)C1CCCO1. The Morgan fingerprint density at radius 2 is 2.11 bits per heavy atom. The number of ether oxygens (including phenoxy) is 1. The van der Waals surface area contributed by atoms with Crippen LogP contribution in [-0.4, -0.2) is 36.1 Å². The number of hydrogen-bond acceptors (Lipinski definition) is 2. The predicted molar refractivity (Wildman–Crippen MR) is 73.9 cm³/mol. The highest BCUT2D eigenvalue weighted by atomic mass is 16.5. The molecule has 2 fully saturated rings. The summed E-state index contributed by atoms with van der Waals surface area (Å²) in [6.07, 6.45) is 2.78. The van der Waals surface area contributed by atoms with Gasteiger partial charge in [0.2, 0.25) is 0 Å². The van der Waals surface area contributed by atoms with E-state index in [-0.39, 0.29) is 12.0 Å². The topological polar surface area (TPSA) is 29.5 Å². The van der Waals surface area contributed by atoms with Gasteiger partial charge in [-0.05, 0) is 31.7 Å². The van der Waals surface area contributed by atoms with Crippen molar-refractivity contribution in [1.82, 2.24) is 4.90 Å². The molecular formula is C16H21NO2. The van der Waals surface area contributed by atoms with E-state index in [9.17, 15) is 4.79 Å². The number of benzene rings is 1. The molecular weight excluding hydrogens is 238 g/mol. The van der Waals surface area contributed by atoms with Gasteiger partial charge < -0.3 is 9.64 Å². The molecule has 2 heterocycles. The van der Waals surface area contributed by atoms with E-state index < -0.39 is 0 Å². The van der Waals surface area contributed by atoms with Crippen LogP contribution in [0.2, 0.25) is 0 Å². The summed E-state index contributed by atoms with van der Waals surface area (Å²) in [4.78, 5) is 14.5. The van der Waals surface area contributed by atoms with Crippen molar-refractivity contribution in [3.63, 3.8) is 0 Å². The van der Waals surface area contributed by atoms with Crippen LogP contribution in [0.4, 0.5) is 0 Å². The maximum Gasteiger partial charge on any atom is 0.251 e. The van der Waals surface area contributed by atoms with Crippen molar-refractivity contribution in [2.75, 3.05) is 13.2 Å². The molecule has 3 nitrogen and oxygen atoms in total. The van der Waals surface area contributed by atoms with Crippen molar-refractivity contribution in [1.29, 1.82) is 0 Å². The summed E-state index contributed by atoms with van der Waals surface area (Å²) in [5.41, 5.74) is 1.34. The van der Waals surface area contributed by atoms with E-state index in [0.29, 0.717) is 12.0 Å². The van der Waals surface area contributed by atoms with Gasteiger partial charge in [0.1, 0.15) is 6.10 Å². The first-order chi connectivity index (χ1) is 9.25. The van der Waals surface area contributed by atoms with Gasteiger partial charge >= 0.3 is 0 Å². The molecule has 2 aliphatic heterocycles. The number of amides is 1. The van der Waals surface area contributed by atoms with E-state index >= 15 is 0 Å². The summed E-state index contributed by atoms with van der Waals surface area (Å²) in [6.45, 7) is 3.72. The minimum Gasteiger partial charge on any atom is -0.368 e. The Hall–Kier alpha value is -1.35. The molecule has 0 spiro atoms. The van der Waals surface area contributed by atoms with Gasteiger partial charge in [0.15, 0.2) is 0 Å². The molecule has 3 unspecified atom stereocenters. The number of hydrogen-bond donors (Lipinski definition) is 0. The smallest absolute Gasteiger partial charge is 0.251 e. The molecule has 0 aromatic heterocycles. The molecule has 0 bridgehead atoms. The largest absolute Gasteiger partial charge is 0.368 e. The molecule has 0 aliphatic carbocycles. The summed E-state index contributed by atoms with van der Waals surface area (Å²) >= 11 is 0. The second-order valence-electron chi connectivity index (χ2n) is 5.68. The molecule has 3 atom stereocenters. The molecule has 0 radical (unpaired) electrons. The van der Waals surface area contributed by atoms with Gasteiger partial charge in [-0.25, -0.2) is 0 Å². The average molecular weight is 259 g/mol. The van der Waals surface area contributed by atoms with Crippen LogP contribution in [0.1, 0.15) is 37.7 Å². The van der Waals surface area contributed by atoms with Crippen LogP contribution < -0.4 is 0 Å². The Kier molecular flexibility index (Phi) is 3.56. The first-order valence-corrected chi connectivity index (χ1v) is 7.22. The van der Waals surface area contributed by atoms with Gasteiger partial charge in [-0.15, -0.1) is 0 Å². The number of nitrogens with zero attached hydrogens (tertiary/aromatic N) is 1. The Balaban J connectivity index is 1.69. The third-order valence-corrected chi connectivity index (χ3v) is 4.33. The predicted octanol–water partition coefficient (Wildman–Crippen LogP) is 2.57. The van der Waals surface area contributed by atoms with Crippen LogP contribution in [0.5, 0.6) is 0 Å². The molecule has 102 valence electrons. The summed E-state index contributed by atoms with van der Waals surface area (Å²) < 4.78 is 5.53. The van der Waals surface area contributed by atoms with Crippen LogP contribution in [0.15, 0.2) is 30.3 Å². The zero-order chi connectivity index (χ0) is 13.2. The lowest BCUT2D eigenvalue weighted by Gasteiger charge is -2.24.